The molecule has 31 heavy (non-hydrogen) atoms. The van der Waals surface area contributed by atoms with Crippen molar-refractivity contribution in [3.05, 3.63) is 76.5 Å². The quantitative estimate of drug-likeness (QED) is 0.587. The van der Waals surface area contributed by atoms with E-state index in [2.05, 4.69) is 72.7 Å². The van der Waals surface area contributed by atoms with E-state index in [1.807, 2.05) is 12.1 Å². The molecule has 1 aliphatic carbocycles. The molecule has 0 amide bonds. The maximum Gasteiger partial charge on any atom is 0.162 e. The summed E-state index contributed by atoms with van der Waals surface area (Å²) in [6.45, 7) is 6.38. The summed E-state index contributed by atoms with van der Waals surface area (Å²) in [7, 11) is 1.66. The maximum absolute atomic E-state index is 13.4. The summed E-state index contributed by atoms with van der Waals surface area (Å²) in [5, 5.41) is 11.4. The number of allylic oxidation sites excluding steroid dienone is 2. The van der Waals surface area contributed by atoms with Crippen LogP contribution < -0.4 is 10.1 Å². The van der Waals surface area contributed by atoms with E-state index in [1.165, 1.54) is 5.56 Å². The van der Waals surface area contributed by atoms with Crippen molar-refractivity contribution in [3.8, 4) is 17.0 Å². The highest BCUT2D eigenvalue weighted by molar-refractivity contribution is 6.02. The number of aromatic nitrogens is 2. The van der Waals surface area contributed by atoms with Crippen LogP contribution >= 0.6 is 0 Å². The Labute approximate surface area is 182 Å². The van der Waals surface area contributed by atoms with Gasteiger partial charge >= 0.3 is 0 Å². The van der Waals surface area contributed by atoms with E-state index in [0.29, 0.717) is 6.42 Å². The third-order valence-corrected chi connectivity index (χ3v) is 6.36. The largest absolute Gasteiger partial charge is 0.497 e. The third kappa shape index (κ3) is 3.34. The second-order valence-corrected chi connectivity index (χ2v) is 9.39. The number of hydrogen-bond donors (Lipinski definition) is 2. The SMILES string of the molecule is COc1ccc([C@H]2C3=C(CC(C)(C)CC3=O)Nc3n[nH]c(-c4ccc(C)cc4)c32)cc1. The van der Waals surface area contributed by atoms with Crippen LogP contribution in [0.3, 0.4) is 0 Å². The molecule has 5 heteroatoms. The smallest absolute Gasteiger partial charge is 0.162 e. The van der Waals surface area contributed by atoms with E-state index in [0.717, 1.165) is 51.6 Å². The zero-order valence-corrected chi connectivity index (χ0v) is 18.4. The van der Waals surface area contributed by atoms with E-state index in [1.54, 1.807) is 7.11 Å². The average molecular weight is 414 g/mol. The van der Waals surface area contributed by atoms with Crippen molar-refractivity contribution in [1.29, 1.82) is 0 Å². The lowest BCUT2D eigenvalue weighted by molar-refractivity contribution is -0.118. The number of carbonyl (C=O) groups is 1. The highest BCUT2D eigenvalue weighted by atomic mass is 16.5. The van der Waals surface area contributed by atoms with Gasteiger partial charge in [0.25, 0.3) is 0 Å². The first kappa shape index (κ1) is 19.6. The highest BCUT2D eigenvalue weighted by Crippen LogP contribution is 2.50. The number of aryl methyl sites for hydroxylation is 1. The molecule has 1 atom stereocenters. The Kier molecular flexibility index (Phi) is 4.50. The summed E-state index contributed by atoms with van der Waals surface area (Å²) < 4.78 is 5.36. The molecule has 0 bridgehead atoms. The Bertz CT molecular complexity index is 1180. The molecule has 0 unspecified atom stereocenters. The monoisotopic (exact) mass is 413 g/mol. The van der Waals surface area contributed by atoms with E-state index >= 15 is 0 Å². The summed E-state index contributed by atoms with van der Waals surface area (Å²) >= 11 is 0. The number of benzene rings is 2. The molecule has 158 valence electrons. The minimum atomic E-state index is -0.171. The number of nitrogens with one attached hydrogen (secondary N) is 2. The van der Waals surface area contributed by atoms with Crippen LogP contribution in [0.25, 0.3) is 11.3 Å². The summed E-state index contributed by atoms with van der Waals surface area (Å²) in [5.41, 5.74) is 7.11. The molecule has 0 saturated carbocycles. The fourth-order valence-electron chi connectivity index (χ4n) is 4.87. The topological polar surface area (TPSA) is 67.0 Å². The van der Waals surface area contributed by atoms with Gasteiger partial charge in [0.1, 0.15) is 5.75 Å². The number of carbonyl (C=O) groups excluding carboxylic acids is 1. The Morgan fingerprint density at radius 3 is 2.42 bits per heavy atom. The molecule has 1 aromatic heterocycles. The zero-order chi connectivity index (χ0) is 21.8. The molecule has 2 heterocycles. The molecular formula is C26H27N3O2. The van der Waals surface area contributed by atoms with Gasteiger partial charge in [-0.3, -0.25) is 9.89 Å². The average Bonchev–Trinajstić information content (AvgIpc) is 3.15. The van der Waals surface area contributed by atoms with Crippen molar-refractivity contribution in [2.45, 2.75) is 39.5 Å². The second kappa shape index (κ2) is 7.12. The first-order chi connectivity index (χ1) is 14.9. The zero-order valence-electron chi connectivity index (χ0n) is 18.4. The van der Waals surface area contributed by atoms with Gasteiger partial charge in [-0.1, -0.05) is 55.8 Å². The van der Waals surface area contributed by atoms with Gasteiger partial charge in [-0.2, -0.15) is 5.10 Å². The van der Waals surface area contributed by atoms with Crippen molar-refractivity contribution in [2.75, 3.05) is 12.4 Å². The molecule has 0 radical (unpaired) electrons. The molecule has 5 nitrogen and oxygen atoms in total. The van der Waals surface area contributed by atoms with E-state index in [9.17, 15) is 4.79 Å². The van der Waals surface area contributed by atoms with Crippen LogP contribution in [0.4, 0.5) is 5.82 Å². The van der Waals surface area contributed by atoms with Gasteiger partial charge in [-0.15, -0.1) is 0 Å². The Morgan fingerprint density at radius 1 is 1.03 bits per heavy atom. The van der Waals surface area contributed by atoms with Crippen LogP contribution in [0.15, 0.2) is 59.8 Å². The fraction of sp³-hybridized carbons (Fsp3) is 0.308. The lowest BCUT2D eigenvalue weighted by Gasteiger charge is -2.38. The van der Waals surface area contributed by atoms with Gasteiger partial charge < -0.3 is 10.1 Å². The summed E-state index contributed by atoms with van der Waals surface area (Å²) in [6.07, 6.45) is 1.38. The maximum atomic E-state index is 13.4. The van der Waals surface area contributed by atoms with E-state index < -0.39 is 0 Å². The van der Waals surface area contributed by atoms with Gasteiger partial charge in [0, 0.05) is 29.2 Å². The number of methoxy groups -OCH3 is 1. The Balaban J connectivity index is 1.71. The first-order valence-corrected chi connectivity index (χ1v) is 10.7. The third-order valence-electron chi connectivity index (χ3n) is 6.36. The number of hydrogen-bond acceptors (Lipinski definition) is 4. The fourth-order valence-corrected chi connectivity index (χ4v) is 4.87. The summed E-state index contributed by atoms with van der Waals surface area (Å²) in [5.74, 6) is 1.65. The van der Waals surface area contributed by atoms with Gasteiger partial charge in [-0.25, -0.2) is 0 Å². The second-order valence-electron chi connectivity index (χ2n) is 9.39. The minimum absolute atomic E-state index is 0.0685. The predicted octanol–water partition coefficient (Wildman–Crippen LogP) is 5.59. The predicted molar refractivity (Wildman–Crippen MR) is 122 cm³/mol. The highest BCUT2D eigenvalue weighted by Gasteiger charge is 2.42. The van der Waals surface area contributed by atoms with Crippen molar-refractivity contribution in [1.82, 2.24) is 10.2 Å². The van der Waals surface area contributed by atoms with Crippen molar-refractivity contribution < 1.29 is 9.53 Å². The number of anilines is 1. The molecule has 3 aromatic rings. The standard InChI is InChI=1S/C26H27N3O2/c1-15-5-7-17(8-6-15)24-23-21(16-9-11-18(31-4)12-10-16)22-19(27-25(23)29-28-24)13-26(2,3)14-20(22)30/h5-12,21H,13-14H2,1-4H3,(H2,27,28,29)/t21-/m0/s1. The van der Waals surface area contributed by atoms with Crippen LogP contribution in [0.2, 0.25) is 0 Å². The molecule has 2 aromatic carbocycles. The molecule has 2 N–H and O–H groups in total. The molecular weight excluding hydrogens is 386 g/mol. The van der Waals surface area contributed by atoms with Crippen molar-refractivity contribution in [2.24, 2.45) is 5.41 Å². The summed E-state index contributed by atoms with van der Waals surface area (Å²) in [6, 6.07) is 16.4. The first-order valence-electron chi connectivity index (χ1n) is 10.7. The Hall–Kier alpha value is -3.34. The van der Waals surface area contributed by atoms with Crippen LogP contribution in [0, 0.1) is 12.3 Å². The van der Waals surface area contributed by atoms with E-state index in [4.69, 9.17) is 4.74 Å². The number of ether oxygens (including phenoxy) is 1. The number of rotatable bonds is 3. The van der Waals surface area contributed by atoms with Gasteiger partial charge in [0.2, 0.25) is 0 Å². The van der Waals surface area contributed by atoms with E-state index in [-0.39, 0.29) is 17.1 Å². The van der Waals surface area contributed by atoms with Crippen LogP contribution in [0.1, 0.15) is 49.3 Å². The van der Waals surface area contributed by atoms with Crippen molar-refractivity contribution in [3.63, 3.8) is 0 Å². The molecule has 0 saturated heterocycles. The van der Waals surface area contributed by atoms with Crippen molar-refractivity contribution >= 4 is 11.6 Å². The lowest BCUT2D eigenvalue weighted by atomic mass is 9.69. The molecule has 0 fully saturated rings. The number of aromatic amines is 1. The number of nitrogens with zero attached hydrogens (tertiary/aromatic N) is 1. The van der Waals surface area contributed by atoms with Gasteiger partial charge in [0.15, 0.2) is 11.6 Å². The van der Waals surface area contributed by atoms with Crippen LogP contribution in [0.5, 0.6) is 5.75 Å². The number of H-pyrrole nitrogens is 1. The normalized spacial score (nSPS) is 19.5. The molecule has 1 aliphatic heterocycles. The molecule has 0 spiro atoms. The number of ketones is 1. The van der Waals surface area contributed by atoms with Crippen LogP contribution in [-0.2, 0) is 4.79 Å². The molecule has 5 rings (SSSR count). The number of Topliss-reactive ketones (excluding diaryl/α,β-unsaturated/α-hetero) is 1. The summed E-state index contributed by atoms with van der Waals surface area (Å²) in [4.78, 5) is 13.4. The minimum Gasteiger partial charge on any atom is -0.497 e. The van der Waals surface area contributed by atoms with Crippen LogP contribution in [-0.4, -0.2) is 23.1 Å². The van der Waals surface area contributed by atoms with Gasteiger partial charge in [-0.05, 0) is 42.0 Å². The van der Waals surface area contributed by atoms with Gasteiger partial charge in [0.05, 0.1) is 12.8 Å². The Morgan fingerprint density at radius 2 is 1.74 bits per heavy atom. The number of fused-ring (bicyclic) bond motifs is 1. The lowest BCUT2D eigenvalue weighted by Crippen LogP contribution is -2.33. The molecule has 2 aliphatic rings.